The van der Waals surface area contributed by atoms with Crippen molar-refractivity contribution in [1.29, 1.82) is 0 Å². The summed E-state index contributed by atoms with van der Waals surface area (Å²) in [5.41, 5.74) is 0.638. The van der Waals surface area contributed by atoms with Crippen molar-refractivity contribution in [3.05, 3.63) is 30.1 Å². The second kappa shape index (κ2) is 4.41. The number of hydrogen-bond acceptors (Lipinski definition) is 2. The summed E-state index contributed by atoms with van der Waals surface area (Å²) in [4.78, 5) is 5.12. The highest BCUT2D eigenvalue weighted by Gasteiger charge is 2.29. The lowest BCUT2D eigenvalue weighted by Gasteiger charge is -2.17. The van der Waals surface area contributed by atoms with Gasteiger partial charge in [0, 0.05) is 12.7 Å². The van der Waals surface area contributed by atoms with Crippen LogP contribution in [-0.4, -0.2) is 29.7 Å². The van der Waals surface area contributed by atoms with E-state index in [1.807, 2.05) is 0 Å². The van der Waals surface area contributed by atoms with Crippen molar-refractivity contribution in [1.82, 2.24) is 9.88 Å². The number of aromatic nitrogens is 1. The first-order valence-corrected chi connectivity index (χ1v) is 4.12. The Morgan fingerprint density at radius 1 is 1.36 bits per heavy atom. The van der Waals surface area contributed by atoms with Gasteiger partial charge < -0.3 is 0 Å². The molecular formula is C9H11F3N2. The molecule has 2 nitrogen and oxygen atoms in total. The van der Waals surface area contributed by atoms with Crippen LogP contribution in [0.2, 0.25) is 0 Å². The van der Waals surface area contributed by atoms with Crippen molar-refractivity contribution in [2.75, 3.05) is 13.6 Å². The van der Waals surface area contributed by atoms with Crippen molar-refractivity contribution >= 4 is 0 Å². The molecule has 1 aromatic heterocycles. The van der Waals surface area contributed by atoms with Crippen molar-refractivity contribution in [3.63, 3.8) is 0 Å². The van der Waals surface area contributed by atoms with Crippen LogP contribution in [0.5, 0.6) is 0 Å². The topological polar surface area (TPSA) is 16.1 Å². The Labute approximate surface area is 80.4 Å². The van der Waals surface area contributed by atoms with E-state index in [2.05, 4.69) is 4.98 Å². The van der Waals surface area contributed by atoms with Crippen LogP contribution in [0.15, 0.2) is 24.4 Å². The molecule has 0 atom stereocenters. The third-order valence-corrected chi connectivity index (χ3v) is 1.61. The van der Waals surface area contributed by atoms with E-state index in [1.54, 1.807) is 24.4 Å². The van der Waals surface area contributed by atoms with E-state index in [0.29, 0.717) is 5.69 Å². The van der Waals surface area contributed by atoms with Gasteiger partial charge in [0.25, 0.3) is 0 Å². The van der Waals surface area contributed by atoms with Gasteiger partial charge in [-0.25, -0.2) is 0 Å². The molecule has 1 aromatic rings. The molecule has 0 N–H and O–H groups in total. The van der Waals surface area contributed by atoms with Gasteiger partial charge in [-0.2, -0.15) is 13.2 Å². The van der Waals surface area contributed by atoms with Crippen molar-refractivity contribution in [2.24, 2.45) is 0 Å². The summed E-state index contributed by atoms with van der Waals surface area (Å²) in [6, 6.07) is 5.18. The Bertz CT molecular complexity index is 271. The van der Waals surface area contributed by atoms with Gasteiger partial charge in [-0.3, -0.25) is 9.88 Å². The standard InChI is InChI=1S/C9H11F3N2/c1-14(7-9(10,11)12)6-8-4-2-3-5-13-8/h2-5H,6-7H2,1H3. The Morgan fingerprint density at radius 2 is 2.07 bits per heavy atom. The predicted molar refractivity (Wildman–Crippen MR) is 46.6 cm³/mol. The fourth-order valence-corrected chi connectivity index (χ4v) is 1.13. The molecule has 0 aliphatic heterocycles. The van der Waals surface area contributed by atoms with Gasteiger partial charge in [-0.05, 0) is 19.2 Å². The molecule has 0 bridgehead atoms. The Hall–Kier alpha value is -1.10. The summed E-state index contributed by atoms with van der Waals surface area (Å²) in [6.07, 6.45) is -2.58. The summed E-state index contributed by atoms with van der Waals surface area (Å²) in [5, 5.41) is 0. The summed E-state index contributed by atoms with van der Waals surface area (Å²) in [6.45, 7) is -0.704. The zero-order chi connectivity index (χ0) is 10.6. The first kappa shape index (κ1) is 11.0. The molecule has 14 heavy (non-hydrogen) atoms. The SMILES string of the molecule is CN(Cc1ccccn1)CC(F)(F)F. The lowest BCUT2D eigenvalue weighted by Crippen LogP contribution is -2.30. The summed E-state index contributed by atoms with van der Waals surface area (Å²) in [7, 11) is 1.42. The van der Waals surface area contributed by atoms with Crippen molar-refractivity contribution in [2.45, 2.75) is 12.7 Å². The zero-order valence-corrected chi connectivity index (χ0v) is 7.75. The van der Waals surface area contributed by atoms with Crippen LogP contribution in [0.1, 0.15) is 5.69 Å². The fourth-order valence-electron chi connectivity index (χ4n) is 1.13. The minimum Gasteiger partial charge on any atom is -0.292 e. The van der Waals surface area contributed by atoms with Gasteiger partial charge >= 0.3 is 6.18 Å². The second-order valence-electron chi connectivity index (χ2n) is 3.11. The number of hydrogen-bond donors (Lipinski definition) is 0. The molecule has 0 aliphatic carbocycles. The van der Waals surface area contributed by atoms with Gasteiger partial charge in [0.05, 0.1) is 12.2 Å². The number of halogens is 3. The lowest BCUT2D eigenvalue weighted by molar-refractivity contribution is -0.144. The molecule has 0 saturated heterocycles. The van der Waals surface area contributed by atoms with E-state index < -0.39 is 12.7 Å². The van der Waals surface area contributed by atoms with E-state index in [4.69, 9.17) is 0 Å². The molecule has 0 radical (unpaired) electrons. The van der Waals surface area contributed by atoms with Crippen LogP contribution in [-0.2, 0) is 6.54 Å². The predicted octanol–water partition coefficient (Wildman–Crippen LogP) is 2.08. The minimum atomic E-state index is -4.15. The molecule has 1 heterocycles. The van der Waals surface area contributed by atoms with E-state index in [-0.39, 0.29) is 6.54 Å². The average Bonchev–Trinajstić information content (AvgIpc) is 2.02. The molecule has 1 rings (SSSR count). The number of nitrogens with zero attached hydrogens (tertiary/aromatic N) is 2. The average molecular weight is 204 g/mol. The van der Waals surface area contributed by atoms with Gasteiger partial charge in [0.2, 0.25) is 0 Å². The van der Waals surface area contributed by atoms with Gasteiger partial charge in [-0.1, -0.05) is 6.07 Å². The second-order valence-corrected chi connectivity index (χ2v) is 3.11. The number of alkyl halides is 3. The normalized spacial score (nSPS) is 12.1. The molecule has 78 valence electrons. The van der Waals surface area contributed by atoms with Gasteiger partial charge in [-0.15, -0.1) is 0 Å². The highest BCUT2D eigenvalue weighted by atomic mass is 19.4. The summed E-state index contributed by atoms with van der Waals surface area (Å²) < 4.78 is 35.8. The molecular weight excluding hydrogens is 193 g/mol. The molecule has 0 spiro atoms. The molecule has 0 saturated carbocycles. The maximum atomic E-state index is 11.9. The lowest BCUT2D eigenvalue weighted by atomic mass is 10.3. The quantitative estimate of drug-likeness (QED) is 0.749. The number of pyridine rings is 1. The first-order chi connectivity index (χ1) is 6.47. The van der Waals surface area contributed by atoms with Crippen LogP contribution in [0.4, 0.5) is 13.2 Å². The highest BCUT2D eigenvalue weighted by molar-refractivity contribution is 5.03. The van der Waals surface area contributed by atoms with E-state index in [9.17, 15) is 13.2 Å². The van der Waals surface area contributed by atoms with Crippen LogP contribution >= 0.6 is 0 Å². The van der Waals surface area contributed by atoms with E-state index in [0.717, 1.165) is 0 Å². The van der Waals surface area contributed by atoms with Crippen LogP contribution in [0.3, 0.4) is 0 Å². The van der Waals surface area contributed by atoms with E-state index in [1.165, 1.54) is 11.9 Å². The molecule has 0 fully saturated rings. The Kier molecular flexibility index (Phi) is 3.46. The molecule has 0 aromatic carbocycles. The maximum Gasteiger partial charge on any atom is 0.401 e. The van der Waals surface area contributed by atoms with Gasteiger partial charge in [0.15, 0.2) is 0 Å². The zero-order valence-electron chi connectivity index (χ0n) is 7.75. The van der Waals surface area contributed by atoms with Crippen LogP contribution in [0.25, 0.3) is 0 Å². The largest absolute Gasteiger partial charge is 0.401 e. The summed E-state index contributed by atoms with van der Waals surface area (Å²) >= 11 is 0. The highest BCUT2D eigenvalue weighted by Crippen LogP contribution is 2.16. The molecule has 0 amide bonds. The van der Waals surface area contributed by atoms with Crippen molar-refractivity contribution < 1.29 is 13.2 Å². The minimum absolute atomic E-state index is 0.209. The molecule has 0 unspecified atom stereocenters. The number of rotatable bonds is 3. The molecule has 5 heteroatoms. The van der Waals surface area contributed by atoms with E-state index >= 15 is 0 Å². The summed E-state index contributed by atoms with van der Waals surface area (Å²) in [5.74, 6) is 0. The Morgan fingerprint density at radius 3 is 2.57 bits per heavy atom. The Balaban J connectivity index is 2.46. The van der Waals surface area contributed by atoms with Crippen LogP contribution < -0.4 is 0 Å². The first-order valence-electron chi connectivity index (χ1n) is 4.12. The monoisotopic (exact) mass is 204 g/mol. The molecule has 0 aliphatic rings. The third-order valence-electron chi connectivity index (χ3n) is 1.61. The van der Waals surface area contributed by atoms with Crippen molar-refractivity contribution in [3.8, 4) is 0 Å². The fraction of sp³-hybridized carbons (Fsp3) is 0.444. The van der Waals surface area contributed by atoms with Crippen LogP contribution in [0, 0.1) is 0 Å². The third kappa shape index (κ3) is 4.23. The van der Waals surface area contributed by atoms with Gasteiger partial charge in [0.1, 0.15) is 0 Å². The smallest absolute Gasteiger partial charge is 0.292 e. The maximum absolute atomic E-state index is 11.9.